The fraction of sp³-hybridized carbons (Fsp3) is 0.553. The first-order valence-corrected chi connectivity index (χ1v) is 17.1. The molecule has 0 spiro atoms. The summed E-state index contributed by atoms with van der Waals surface area (Å²) in [6, 6.07) is 11.3. The molecule has 4 nitrogen and oxygen atoms in total. The van der Waals surface area contributed by atoms with Crippen LogP contribution in [0, 0.1) is 17.8 Å². The minimum atomic E-state index is 0.243. The highest BCUT2D eigenvalue weighted by molar-refractivity contribution is 6.31. The molecule has 5 rings (SSSR count). The molecule has 1 aliphatic heterocycles. The molecule has 2 aliphatic carbocycles. The van der Waals surface area contributed by atoms with Crippen LogP contribution in [-0.4, -0.2) is 41.2 Å². The maximum atomic E-state index is 9.35. The third-order valence-electron chi connectivity index (χ3n) is 9.78. The summed E-state index contributed by atoms with van der Waals surface area (Å²) < 4.78 is 0. The fourth-order valence-corrected chi connectivity index (χ4v) is 7.15. The van der Waals surface area contributed by atoms with E-state index < -0.39 is 0 Å². The molecular formula is C38H52ClN3O. The van der Waals surface area contributed by atoms with Gasteiger partial charge in [0.2, 0.25) is 0 Å². The van der Waals surface area contributed by atoms with Crippen LogP contribution in [-0.2, 0) is 12.8 Å². The van der Waals surface area contributed by atoms with Crippen LogP contribution in [0.15, 0.2) is 71.1 Å². The Hall–Kier alpha value is -2.40. The molecule has 2 atom stereocenters. The Morgan fingerprint density at radius 1 is 1.09 bits per heavy atom. The topological polar surface area (TPSA) is 48.4 Å². The van der Waals surface area contributed by atoms with E-state index in [9.17, 15) is 5.11 Å². The number of benzene rings is 1. The Morgan fingerprint density at radius 2 is 1.86 bits per heavy atom. The standard InChI is InChI=1S/C38H52ClN3O/c1-26(2)13-14-28-9-5-6-10-30(28)21-31-22-33(11-7-8-12-37(31)39)41-38-36(35-24-34(35)27(3)4)23-32(25-40-38)29-15-17-42(18-16-29)19-20-43/h5-6,8-10,12,22-23,25-27,29,34-35,43H,7,11,13-21,24H2,1-4H3,(H,40,41)/b12-8-,33-22+,37-31+. The number of allylic oxidation sites excluding steroid dienone is 6. The van der Waals surface area contributed by atoms with Crippen LogP contribution in [0.3, 0.4) is 0 Å². The van der Waals surface area contributed by atoms with E-state index in [0.29, 0.717) is 23.7 Å². The number of anilines is 1. The van der Waals surface area contributed by atoms with Crippen molar-refractivity contribution >= 4 is 17.4 Å². The number of halogens is 1. The van der Waals surface area contributed by atoms with Crippen LogP contribution in [0.5, 0.6) is 0 Å². The number of piperidine rings is 1. The monoisotopic (exact) mass is 601 g/mol. The normalized spacial score (nSPS) is 25.3. The number of nitrogens with one attached hydrogen (secondary N) is 1. The minimum absolute atomic E-state index is 0.243. The molecule has 1 aromatic carbocycles. The lowest BCUT2D eigenvalue weighted by Gasteiger charge is -2.32. The molecule has 0 radical (unpaired) electrons. The molecule has 2 heterocycles. The molecular weight excluding hydrogens is 550 g/mol. The first-order chi connectivity index (χ1) is 20.8. The summed E-state index contributed by atoms with van der Waals surface area (Å²) in [6.45, 7) is 12.4. The van der Waals surface area contributed by atoms with Crippen LogP contribution in [0.4, 0.5) is 5.82 Å². The number of aliphatic hydroxyl groups is 1. The SMILES string of the molecule is CC(C)CCc1ccccc1CC1=C(Cl)/C=C\CC/C(Nc2ncc(C3CCN(CCO)CC3)cc2C2CC2C(C)C)=C\1. The molecule has 0 bridgehead atoms. The Bertz CT molecular complexity index is 1320. The number of rotatable bonds is 12. The van der Waals surface area contributed by atoms with E-state index in [1.54, 1.807) is 0 Å². The van der Waals surface area contributed by atoms with Gasteiger partial charge in [-0.25, -0.2) is 4.98 Å². The van der Waals surface area contributed by atoms with Gasteiger partial charge < -0.3 is 15.3 Å². The van der Waals surface area contributed by atoms with Crippen molar-refractivity contribution in [1.82, 2.24) is 9.88 Å². The van der Waals surface area contributed by atoms with Crippen molar-refractivity contribution in [3.63, 3.8) is 0 Å². The largest absolute Gasteiger partial charge is 0.395 e. The van der Waals surface area contributed by atoms with E-state index in [-0.39, 0.29) is 6.61 Å². The number of nitrogens with zero attached hydrogens (tertiary/aromatic N) is 2. The van der Waals surface area contributed by atoms with Crippen LogP contribution < -0.4 is 5.32 Å². The molecule has 2 unspecified atom stereocenters. The highest BCUT2D eigenvalue weighted by atomic mass is 35.5. The first kappa shape index (κ1) is 32.0. The second-order valence-corrected chi connectivity index (χ2v) is 14.2. The molecule has 43 heavy (non-hydrogen) atoms. The summed E-state index contributed by atoms with van der Waals surface area (Å²) in [5.41, 5.74) is 7.93. The lowest BCUT2D eigenvalue weighted by Crippen LogP contribution is -2.35. The smallest absolute Gasteiger partial charge is 0.133 e. The highest BCUT2D eigenvalue weighted by Gasteiger charge is 2.42. The summed E-state index contributed by atoms with van der Waals surface area (Å²) >= 11 is 6.93. The molecule has 2 N–H and O–H groups in total. The molecule has 232 valence electrons. The van der Waals surface area contributed by atoms with E-state index in [2.05, 4.69) is 92.7 Å². The quantitative estimate of drug-likeness (QED) is 0.255. The molecule has 1 aromatic heterocycles. The van der Waals surface area contributed by atoms with Crippen LogP contribution in [0.25, 0.3) is 0 Å². The lowest BCUT2D eigenvalue weighted by molar-refractivity contribution is 0.164. The predicted octanol–water partition coefficient (Wildman–Crippen LogP) is 8.98. The van der Waals surface area contributed by atoms with Gasteiger partial charge in [-0.15, -0.1) is 0 Å². The third kappa shape index (κ3) is 8.62. The van der Waals surface area contributed by atoms with Gasteiger partial charge >= 0.3 is 0 Å². The Morgan fingerprint density at radius 3 is 2.56 bits per heavy atom. The van der Waals surface area contributed by atoms with Gasteiger partial charge in [-0.2, -0.15) is 0 Å². The summed E-state index contributed by atoms with van der Waals surface area (Å²) in [7, 11) is 0. The van der Waals surface area contributed by atoms with Crippen LogP contribution in [0.2, 0.25) is 0 Å². The van der Waals surface area contributed by atoms with E-state index in [1.165, 1.54) is 40.8 Å². The Balaban J connectivity index is 1.39. The van der Waals surface area contributed by atoms with Crippen LogP contribution in [0.1, 0.15) is 100 Å². The van der Waals surface area contributed by atoms with Gasteiger partial charge in [-0.05, 0) is 134 Å². The van der Waals surface area contributed by atoms with Crippen molar-refractivity contribution in [3.05, 3.63) is 93.3 Å². The number of pyridine rings is 1. The average Bonchev–Trinajstić information content (AvgIpc) is 3.80. The maximum Gasteiger partial charge on any atom is 0.133 e. The fourth-order valence-electron chi connectivity index (χ4n) is 6.94. The van der Waals surface area contributed by atoms with Gasteiger partial charge in [0.25, 0.3) is 0 Å². The van der Waals surface area contributed by atoms with Crippen molar-refractivity contribution in [3.8, 4) is 0 Å². The number of aliphatic hydroxyl groups excluding tert-OH is 1. The van der Waals surface area contributed by atoms with Gasteiger partial charge in [0.05, 0.1) is 6.61 Å². The Kier molecular flexibility index (Phi) is 11.2. The van der Waals surface area contributed by atoms with E-state index in [0.717, 1.165) is 80.5 Å². The predicted molar refractivity (Wildman–Crippen MR) is 182 cm³/mol. The molecule has 1 saturated carbocycles. The van der Waals surface area contributed by atoms with Gasteiger partial charge in [-0.1, -0.05) is 75.7 Å². The van der Waals surface area contributed by atoms with E-state index >= 15 is 0 Å². The summed E-state index contributed by atoms with van der Waals surface area (Å²) in [6.07, 6.45) is 17.2. The van der Waals surface area contributed by atoms with Crippen molar-refractivity contribution in [2.24, 2.45) is 17.8 Å². The van der Waals surface area contributed by atoms with Gasteiger partial charge in [-0.3, -0.25) is 0 Å². The number of aryl methyl sites for hydroxylation is 1. The van der Waals surface area contributed by atoms with Crippen molar-refractivity contribution in [1.29, 1.82) is 0 Å². The number of β-amino-alcohol motifs (C(OH)–C–C–N with tert-alkyl or cyclic N) is 1. The minimum Gasteiger partial charge on any atom is -0.395 e. The number of likely N-dealkylation sites (tertiary alicyclic amines) is 1. The van der Waals surface area contributed by atoms with Crippen molar-refractivity contribution < 1.29 is 5.11 Å². The second kappa shape index (κ2) is 15.1. The molecule has 2 aromatic rings. The molecule has 1 saturated heterocycles. The van der Waals surface area contributed by atoms with Gasteiger partial charge in [0, 0.05) is 23.5 Å². The van der Waals surface area contributed by atoms with Gasteiger partial charge in [0.15, 0.2) is 0 Å². The van der Waals surface area contributed by atoms with Crippen LogP contribution >= 0.6 is 11.6 Å². The number of hydrogen-bond acceptors (Lipinski definition) is 4. The average molecular weight is 602 g/mol. The van der Waals surface area contributed by atoms with Crippen molar-refractivity contribution in [2.45, 2.75) is 90.9 Å². The zero-order chi connectivity index (χ0) is 30.3. The second-order valence-electron chi connectivity index (χ2n) is 13.8. The lowest BCUT2D eigenvalue weighted by atomic mass is 9.89. The summed E-state index contributed by atoms with van der Waals surface area (Å²) in [5, 5.41) is 14.0. The zero-order valence-corrected chi connectivity index (χ0v) is 27.5. The van der Waals surface area contributed by atoms with E-state index in [4.69, 9.17) is 16.6 Å². The first-order valence-electron chi connectivity index (χ1n) is 16.7. The van der Waals surface area contributed by atoms with E-state index in [1.807, 2.05) is 0 Å². The summed E-state index contributed by atoms with van der Waals surface area (Å²) in [4.78, 5) is 7.50. The van der Waals surface area contributed by atoms with Gasteiger partial charge in [0.1, 0.15) is 5.82 Å². The molecule has 2 fully saturated rings. The molecule has 3 aliphatic rings. The number of hydrogen-bond donors (Lipinski definition) is 2. The Labute approximate surface area is 265 Å². The highest BCUT2D eigenvalue weighted by Crippen LogP contribution is 2.54. The third-order valence-corrected chi connectivity index (χ3v) is 10.1. The maximum absolute atomic E-state index is 9.35. The number of aromatic nitrogens is 1. The van der Waals surface area contributed by atoms with Crippen molar-refractivity contribution in [2.75, 3.05) is 31.6 Å². The zero-order valence-electron chi connectivity index (χ0n) is 26.8. The summed E-state index contributed by atoms with van der Waals surface area (Å²) in [5.74, 6) is 4.23. The molecule has 5 heteroatoms. The molecule has 0 amide bonds.